The van der Waals surface area contributed by atoms with E-state index in [0.717, 1.165) is 13.1 Å². The Morgan fingerprint density at radius 3 is 1.90 bits per heavy atom. The van der Waals surface area contributed by atoms with E-state index in [1.807, 2.05) is 13.8 Å². The van der Waals surface area contributed by atoms with E-state index in [9.17, 15) is 4.39 Å². The molecule has 0 spiro atoms. The Balaban J connectivity index is 0.000000810. The molecule has 1 unspecified atom stereocenters. The van der Waals surface area contributed by atoms with Crippen molar-refractivity contribution in [1.82, 2.24) is 5.32 Å². The molecule has 1 rings (SSSR count). The van der Waals surface area contributed by atoms with E-state index in [1.54, 1.807) is 0 Å². The van der Waals surface area contributed by atoms with E-state index in [0.29, 0.717) is 0 Å². The van der Waals surface area contributed by atoms with Gasteiger partial charge in [-0.05, 0) is 0 Å². The van der Waals surface area contributed by atoms with Crippen LogP contribution in [-0.2, 0) is 0 Å². The quantitative estimate of drug-likeness (QED) is 0.578. The van der Waals surface area contributed by atoms with Crippen LogP contribution in [0.15, 0.2) is 0 Å². The van der Waals surface area contributed by atoms with Crippen LogP contribution in [0.4, 0.5) is 4.39 Å². The first kappa shape index (κ1) is 10.2. The molecule has 1 fully saturated rings. The van der Waals surface area contributed by atoms with Gasteiger partial charge in [0.25, 0.3) is 0 Å². The standard InChI is InChI=1S/C7H14FN.ClH/c1-5-3-9-4-6(2)7(5)8;/h5-7,9H,3-4H2,1-2H3;1H/t5-,6+,7?;. The van der Waals surface area contributed by atoms with Gasteiger partial charge < -0.3 is 5.32 Å². The molecular weight excluding hydrogens is 153 g/mol. The highest BCUT2D eigenvalue weighted by molar-refractivity contribution is 5.85. The van der Waals surface area contributed by atoms with Crippen molar-refractivity contribution in [2.45, 2.75) is 20.0 Å². The molecule has 3 heteroatoms. The van der Waals surface area contributed by atoms with Crippen molar-refractivity contribution in [3.8, 4) is 0 Å². The third-order valence-electron chi connectivity index (χ3n) is 2.02. The highest BCUT2D eigenvalue weighted by atomic mass is 35.5. The zero-order valence-corrected chi connectivity index (χ0v) is 7.25. The van der Waals surface area contributed by atoms with Gasteiger partial charge in [0.2, 0.25) is 0 Å². The van der Waals surface area contributed by atoms with Crippen LogP contribution in [0, 0.1) is 11.8 Å². The van der Waals surface area contributed by atoms with Crippen LogP contribution < -0.4 is 5.32 Å². The fourth-order valence-corrected chi connectivity index (χ4v) is 1.32. The summed E-state index contributed by atoms with van der Waals surface area (Å²) in [4.78, 5) is 0. The fourth-order valence-electron chi connectivity index (χ4n) is 1.32. The van der Waals surface area contributed by atoms with Crippen molar-refractivity contribution in [2.75, 3.05) is 13.1 Å². The van der Waals surface area contributed by atoms with Crippen molar-refractivity contribution in [1.29, 1.82) is 0 Å². The summed E-state index contributed by atoms with van der Waals surface area (Å²) in [6.45, 7) is 5.58. The van der Waals surface area contributed by atoms with Crippen molar-refractivity contribution in [2.24, 2.45) is 11.8 Å². The number of halogens is 2. The molecule has 0 aliphatic carbocycles. The third-order valence-corrected chi connectivity index (χ3v) is 2.02. The minimum absolute atomic E-state index is 0. The lowest BCUT2D eigenvalue weighted by Gasteiger charge is -2.28. The second-order valence-corrected chi connectivity index (χ2v) is 3.06. The van der Waals surface area contributed by atoms with Crippen molar-refractivity contribution in [3.63, 3.8) is 0 Å². The molecule has 1 heterocycles. The van der Waals surface area contributed by atoms with Crippen LogP contribution in [0.1, 0.15) is 13.8 Å². The first-order valence-electron chi connectivity index (χ1n) is 3.56. The van der Waals surface area contributed by atoms with Crippen molar-refractivity contribution >= 4 is 12.4 Å². The SMILES string of the molecule is C[C@@H]1CNC[C@H](C)C1F.Cl. The number of alkyl halides is 1. The van der Waals surface area contributed by atoms with Gasteiger partial charge in [-0.1, -0.05) is 13.8 Å². The fraction of sp³-hybridized carbons (Fsp3) is 1.00. The zero-order chi connectivity index (χ0) is 6.85. The summed E-state index contributed by atoms with van der Waals surface area (Å²) >= 11 is 0. The van der Waals surface area contributed by atoms with Crippen molar-refractivity contribution < 1.29 is 4.39 Å². The van der Waals surface area contributed by atoms with Gasteiger partial charge in [0, 0.05) is 24.9 Å². The van der Waals surface area contributed by atoms with Crippen LogP contribution in [0.2, 0.25) is 0 Å². The lowest BCUT2D eigenvalue weighted by atomic mass is 9.91. The van der Waals surface area contributed by atoms with E-state index in [2.05, 4.69) is 5.32 Å². The van der Waals surface area contributed by atoms with Crippen LogP contribution in [0.3, 0.4) is 0 Å². The highest BCUT2D eigenvalue weighted by Gasteiger charge is 2.26. The van der Waals surface area contributed by atoms with Gasteiger partial charge in [0.05, 0.1) is 0 Å². The Hall–Kier alpha value is 0.180. The molecule has 1 N–H and O–H groups in total. The van der Waals surface area contributed by atoms with E-state index in [4.69, 9.17) is 0 Å². The minimum atomic E-state index is -0.591. The first-order chi connectivity index (χ1) is 4.22. The van der Waals surface area contributed by atoms with Gasteiger partial charge in [0.1, 0.15) is 6.17 Å². The Kier molecular flexibility index (Phi) is 4.22. The average molecular weight is 168 g/mol. The summed E-state index contributed by atoms with van der Waals surface area (Å²) in [6.07, 6.45) is -0.591. The van der Waals surface area contributed by atoms with Crippen LogP contribution in [-0.4, -0.2) is 19.3 Å². The molecule has 1 nitrogen and oxygen atoms in total. The molecule has 3 atom stereocenters. The highest BCUT2D eigenvalue weighted by Crippen LogP contribution is 2.19. The van der Waals surface area contributed by atoms with E-state index in [-0.39, 0.29) is 24.2 Å². The lowest BCUT2D eigenvalue weighted by Crippen LogP contribution is -2.42. The summed E-state index contributed by atoms with van der Waals surface area (Å²) < 4.78 is 12.9. The van der Waals surface area contributed by atoms with Gasteiger partial charge in [-0.25, -0.2) is 4.39 Å². The van der Waals surface area contributed by atoms with E-state index >= 15 is 0 Å². The maximum Gasteiger partial charge on any atom is 0.108 e. The summed E-state index contributed by atoms with van der Waals surface area (Å²) in [5, 5.41) is 3.17. The molecule has 0 aromatic carbocycles. The smallest absolute Gasteiger partial charge is 0.108 e. The normalized spacial score (nSPS) is 40.5. The molecule has 1 aliphatic rings. The zero-order valence-electron chi connectivity index (χ0n) is 6.43. The monoisotopic (exact) mass is 167 g/mol. The lowest BCUT2D eigenvalue weighted by molar-refractivity contribution is 0.133. The summed E-state index contributed by atoms with van der Waals surface area (Å²) in [6, 6.07) is 0. The van der Waals surface area contributed by atoms with Gasteiger partial charge in [-0.2, -0.15) is 0 Å². The first-order valence-corrected chi connectivity index (χ1v) is 3.56. The number of nitrogens with one attached hydrogen (secondary N) is 1. The molecule has 1 saturated heterocycles. The molecule has 0 amide bonds. The maximum atomic E-state index is 12.9. The third kappa shape index (κ3) is 2.10. The second-order valence-electron chi connectivity index (χ2n) is 3.06. The molecule has 62 valence electrons. The van der Waals surface area contributed by atoms with Gasteiger partial charge in [0.15, 0.2) is 0 Å². The Bertz CT molecular complexity index is 89.6. The summed E-state index contributed by atoms with van der Waals surface area (Å²) in [7, 11) is 0. The minimum Gasteiger partial charge on any atom is -0.316 e. The Morgan fingerprint density at radius 1 is 1.20 bits per heavy atom. The predicted molar refractivity (Wildman–Crippen MR) is 43.3 cm³/mol. The summed E-state index contributed by atoms with van der Waals surface area (Å²) in [5.74, 6) is 0.405. The topological polar surface area (TPSA) is 12.0 Å². The van der Waals surface area contributed by atoms with Crippen LogP contribution in [0.5, 0.6) is 0 Å². The molecule has 0 bridgehead atoms. The van der Waals surface area contributed by atoms with Crippen LogP contribution >= 0.6 is 12.4 Å². The van der Waals surface area contributed by atoms with Gasteiger partial charge >= 0.3 is 0 Å². The second kappa shape index (κ2) is 4.14. The number of hydrogen-bond acceptors (Lipinski definition) is 1. The molecule has 0 radical (unpaired) electrons. The molecule has 10 heavy (non-hydrogen) atoms. The Morgan fingerprint density at radius 2 is 1.60 bits per heavy atom. The van der Waals surface area contributed by atoms with Crippen LogP contribution in [0.25, 0.3) is 0 Å². The largest absolute Gasteiger partial charge is 0.316 e. The molecule has 0 aromatic heterocycles. The maximum absolute atomic E-state index is 12.9. The molecule has 0 aromatic rings. The average Bonchev–Trinajstić information content (AvgIpc) is 1.83. The summed E-state index contributed by atoms with van der Waals surface area (Å²) in [5.41, 5.74) is 0. The Labute approximate surface area is 67.8 Å². The molecule has 0 saturated carbocycles. The van der Waals surface area contributed by atoms with Gasteiger partial charge in [-0.3, -0.25) is 0 Å². The molecule has 1 aliphatic heterocycles. The van der Waals surface area contributed by atoms with Gasteiger partial charge in [-0.15, -0.1) is 12.4 Å². The van der Waals surface area contributed by atoms with E-state index < -0.39 is 6.17 Å². The number of rotatable bonds is 0. The van der Waals surface area contributed by atoms with Crippen molar-refractivity contribution in [3.05, 3.63) is 0 Å². The molecular formula is C7H15ClFN. The van der Waals surface area contributed by atoms with E-state index in [1.165, 1.54) is 0 Å². The predicted octanol–water partition coefficient (Wildman–Crippen LogP) is 1.62. The number of piperidine rings is 1. The number of hydrogen-bond donors (Lipinski definition) is 1.